The molecule has 20 heavy (non-hydrogen) atoms. The Balaban J connectivity index is 2.10. The lowest BCUT2D eigenvalue weighted by Crippen LogP contribution is -2.36. The number of hydrogen-bond acceptors (Lipinski definition) is 4. The van der Waals surface area contributed by atoms with Crippen molar-refractivity contribution in [3.05, 3.63) is 24.3 Å². The number of ether oxygens (including phenoxy) is 2. The van der Waals surface area contributed by atoms with Gasteiger partial charge in [-0.3, -0.25) is 0 Å². The van der Waals surface area contributed by atoms with Crippen LogP contribution in [-0.4, -0.2) is 27.9 Å². The Kier molecular flexibility index (Phi) is 4.55. The second kappa shape index (κ2) is 6.01. The SMILES string of the molecule is COc1ccccc1OCC1(CS(N)(=O)=O)CCCC1. The predicted octanol–water partition coefficient (Wildman–Crippen LogP) is 1.92. The third-order valence-electron chi connectivity index (χ3n) is 3.77. The van der Waals surface area contributed by atoms with Gasteiger partial charge >= 0.3 is 0 Å². The number of sulfonamides is 1. The average Bonchev–Trinajstić information content (AvgIpc) is 2.83. The summed E-state index contributed by atoms with van der Waals surface area (Å²) in [6, 6.07) is 7.36. The number of nitrogens with two attached hydrogens (primary N) is 1. The van der Waals surface area contributed by atoms with Gasteiger partial charge in [-0.25, -0.2) is 13.6 Å². The van der Waals surface area contributed by atoms with Crippen LogP contribution in [0.15, 0.2) is 24.3 Å². The van der Waals surface area contributed by atoms with Crippen LogP contribution in [0.25, 0.3) is 0 Å². The van der Waals surface area contributed by atoms with Gasteiger partial charge in [-0.2, -0.15) is 0 Å². The second-order valence-corrected chi connectivity index (χ2v) is 7.07. The molecule has 1 aliphatic rings. The van der Waals surface area contributed by atoms with Gasteiger partial charge in [0.15, 0.2) is 11.5 Å². The summed E-state index contributed by atoms with van der Waals surface area (Å²) in [6.07, 6.45) is 3.70. The van der Waals surface area contributed by atoms with Gasteiger partial charge < -0.3 is 9.47 Å². The topological polar surface area (TPSA) is 78.6 Å². The van der Waals surface area contributed by atoms with Crippen molar-refractivity contribution in [1.29, 1.82) is 0 Å². The maximum Gasteiger partial charge on any atom is 0.209 e. The number of primary sulfonamides is 1. The molecule has 2 rings (SSSR count). The molecule has 1 fully saturated rings. The minimum Gasteiger partial charge on any atom is -0.493 e. The molecule has 1 aromatic rings. The first-order chi connectivity index (χ1) is 9.44. The van der Waals surface area contributed by atoms with E-state index in [-0.39, 0.29) is 11.2 Å². The fourth-order valence-electron chi connectivity index (χ4n) is 2.85. The van der Waals surface area contributed by atoms with Crippen LogP contribution in [0.1, 0.15) is 25.7 Å². The Hall–Kier alpha value is -1.27. The quantitative estimate of drug-likeness (QED) is 0.870. The summed E-state index contributed by atoms with van der Waals surface area (Å²) in [5.41, 5.74) is -0.367. The van der Waals surface area contributed by atoms with Crippen molar-refractivity contribution >= 4 is 10.0 Å². The Labute approximate surface area is 120 Å². The third-order valence-corrected chi connectivity index (χ3v) is 4.79. The summed E-state index contributed by atoms with van der Waals surface area (Å²) in [5.74, 6) is 1.27. The first-order valence-electron chi connectivity index (χ1n) is 6.70. The molecule has 0 bridgehead atoms. The zero-order valence-electron chi connectivity index (χ0n) is 11.7. The van der Waals surface area contributed by atoms with Crippen LogP contribution in [0.4, 0.5) is 0 Å². The predicted molar refractivity (Wildman–Crippen MR) is 77.4 cm³/mol. The van der Waals surface area contributed by atoms with Gasteiger partial charge in [0.2, 0.25) is 10.0 Å². The van der Waals surface area contributed by atoms with Crippen molar-refractivity contribution in [2.24, 2.45) is 10.6 Å². The molecule has 1 aliphatic carbocycles. The average molecular weight is 299 g/mol. The van der Waals surface area contributed by atoms with E-state index in [0.29, 0.717) is 18.1 Å². The Morgan fingerprint density at radius 3 is 2.35 bits per heavy atom. The standard InChI is InChI=1S/C14H21NO4S/c1-18-12-6-2-3-7-13(12)19-10-14(8-4-5-9-14)11-20(15,16)17/h2-3,6-7H,4-5,8-11H2,1H3,(H2,15,16,17). The monoisotopic (exact) mass is 299 g/mol. The maximum atomic E-state index is 11.4. The van der Waals surface area contributed by atoms with Crippen LogP contribution in [-0.2, 0) is 10.0 Å². The molecule has 0 heterocycles. The highest BCUT2D eigenvalue weighted by Gasteiger charge is 2.38. The highest BCUT2D eigenvalue weighted by Crippen LogP contribution is 2.40. The zero-order chi connectivity index (χ0) is 14.6. The van der Waals surface area contributed by atoms with Crippen molar-refractivity contribution in [1.82, 2.24) is 0 Å². The molecular formula is C14H21NO4S. The number of para-hydroxylation sites is 2. The van der Waals surface area contributed by atoms with E-state index in [9.17, 15) is 8.42 Å². The molecule has 1 aromatic carbocycles. The van der Waals surface area contributed by atoms with Gasteiger partial charge in [-0.1, -0.05) is 25.0 Å². The molecule has 2 N–H and O–H groups in total. The molecule has 112 valence electrons. The molecule has 0 spiro atoms. The molecule has 6 heteroatoms. The van der Waals surface area contributed by atoms with E-state index in [1.165, 1.54) is 0 Å². The van der Waals surface area contributed by atoms with Crippen molar-refractivity contribution in [3.8, 4) is 11.5 Å². The molecule has 0 atom stereocenters. The molecule has 0 aromatic heterocycles. The first kappa shape index (κ1) is 15.1. The number of rotatable bonds is 6. The second-order valence-electron chi connectivity index (χ2n) is 5.45. The fraction of sp³-hybridized carbons (Fsp3) is 0.571. The maximum absolute atomic E-state index is 11.4. The lowest BCUT2D eigenvalue weighted by molar-refractivity contribution is 0.166. The van der Waals surface area contributed by atoms with Gasteiger partial charge in [0.05, 0.1) is 19.5 Å². The van der Waals surface area contributed by atoms with Gasteiger partial charge in [-0.05, 0) is 25.0 Å². The van der Waals surface area contributed by atoms with Gasteiger partial charge in [0.1, 0.15) is 0 Å². The van der Waals surface area contributed by atoms with Crippen LogP contribution in [0, 0.1) is 5.41 Å². The lowest BCUT2D eigenvalue weighted by atomic mass is 9.90. The van der Waals surface area contributed by atoms with Gasteiger partial charge in [-0.15, -0.1) is 0 Å². The largest absolute Gasteiger partial charge is 0.493 e. The van der Waals surface area contributed by atoms with Crippen molar-refractivity contribution in [3.63, 3.8) is 0 Å². The first-order valence-corrected chi connectivity index (χ1v) is 8.42. The molecule has 0 aliphatic heterocycles. The van der Waals surface area contributed by atoms with E-state index < -0.39 is 10.0 Å². The van der Waals surface area contributed by atoms with Crippen molar-refractivity contribution in [2.75, 3.05) is 19.5 Å². The molecule has 0 amide bonds. The minimum atomic E-state index is -3.50. The fourth-order valence-corrected chi connectivity index (χ4v) is 4.08. The zero-order valence-corrected chi connectivity index (χ0v) is 12.5. The summed E-state index contributed by atoms with van der Waals surface area (Å²) < 4.78 is 33.9. The molecule has 5 nitrogen and oxygen atoms in total. The molecular weight excluding hydrogens is 278 g/mol. The molecule has 0 radical (unpaired) electrons. The summed E-state index contributed by atoms with van der Waals surface area (Å²) in [7, 11) is -1.92. The van der Waals surface area contributed by atoms with Crippen LogP contribution in [0.2, 0.25) is 0 Å². The minimum absolute atomic E-state index is 0.0187. The number of hydrogen-bond donors (Lipinski definition) is 1. The van der Waals surface area contributed by atoms with Crippen LogP contribution in [0.5, 0.6) is 11.5 Å². The van der Waals surface area contributed by atoms with E-state index in [4.69, 9.17) is 14.6 Å². The lowest BCUT2D eigenvalue weighted by Gasteiger charge is -2.28. The summed E-state index contributed by atoms with van der Waals surface area (Å²) in [6.45, 7) is 0.351. The number of benzene rings is 1. The normalized spacial score (nSPS) is 17.9. The van der Waals surface area contributed by atoms with E-state index in [1.807, 2.05) is 24.3 Å². The summed E-state index contributed by atoms with van der Waals surface area (Å²) in [5, 5.41) is 5.22. The van der Waals surface area contributed by atoms with E-state index in [2.05, 4.69) is 0 Å². The van der Waals surface area contributed by atoms with E-state index in [1.54, 1.807) is 7.11 Å². The third kappa shape index (κ3) is 3.86. The summed E-state index contributed by atoms with van der Waals surface area (Å²) >= 11 is 0. The van der Waals surface area contributed by atoms with Crippen molar-refractivity contribution in [2.45, 2.75) is 25.7 Å². The smallest absolute Gasteiger partial charge is 0.209 e. The van der Waals surface area contributed by atoms with E-state index in [0.717, 1.165) is 25.7 Å². The highest BCUT2D eigenvalue weighted by molar-refractivity contribution is 7.89. The van der Waals surface area contributed by atoms with Crippen molar-refractivity contribution < 1.29 is 17.9 Å². The Morgan fingerprint density at radius 1 is 1.20 bits per heavy atom. The molecule has 0 unspecified atom stereocenters. The van der Waals surface area contributed by atoms with Gasteiger partial charge in [0.25, 0.3) is 0 Å². The van der Waals surface area contributed by atoms with Crippen LogP contribution >= 0.6 is 0 Å². The molecule has 0 saturated heterocycles. The van der Waals surface area contributed by atoms with Crippen LogP contribution in [0.3, 0.4) is 0 Å². The Bertz CT molecular complexity index is 550. The van der Waals surface area contributed by atoms with Crippen LogP contribution < -0.4 is 14.6 Å². The van der Waals surface area contributed by atoms with E-state index >= 15 is 0 Å². The number of methoxy groups -OCH3 is 1. The molecule has 1 saturated carbocycles. The highest BCUT2D eigenvalue weighted by atomic mass is 32.2. The summed E-state index contributed by atoms with van der Waals surface area (Å²) in [4.78, 5) is 0. The van der Waals surface area contributed by atoms with Gasteiger partial charge in [0, 0.05) is 5.41 Å². The Morgan fingerprint density at radius 2 is 1.80 bits per heavy atom.